The van der Waals surface area contributed by atoms with Crippen LogP contribution in [0.5, 0.6) is 0 Å². The molecule has 0 radical (unpaired) electrons. The zero-order valence-corrected chi connectivity index (χ0v) is 15.6. The normalized spacial score (nSPS) is 12.0. The van der Waals surface area contributed by atoms with Gasteiger partial charge in [0.2, 0.25) is 0 Å². The summed E-state index contributed by atoms with van der Waals surface area (Å²) in [5.41, 5.74) is 6.03. The minimum atomic E-state index is 0.707. The van der Waals surface area contributed by atoms with Crippen molar-refractivity contribution >= 4 is 12.0 Å². The van der Waals surface area contributed by atoms with Gasteiger partial charge in [0.05, 0.1) is 0 Å². The lowest BCUT2D eigenvalue weighted by Crippen LogP contribution is -1.99. The van der Waals surface area contributed by atoms with Gasteiger partial charge in [-0.25, -0.2) is 0 Å². The molecular weight excluding hydrogens is 294 g/mol. The molecule has 0 spiro atoms. The Morgan fingerprint density at radius 2 is 1.46 bits per heavy atom. The van der Waals surface area contributed by atoms with Gasteiger partial charge in [-0.05, 0) is 77.6 Å². The second-order valence-electron chi connectivity index (χ2n) is 6.58. The summed E-state index contributed by atoms with van der Waals surface area (Å²) >= 11 is 0. The molecular formula is C22H31NO. The standard InChI is InChI=1S/C22H31NO/c1-18(2)7-5-8-19(3)9-6-10-20(4)15-16-23-22-13-11-21(17-24)12-14-22/h7,9,11-15,17,23H,5-6,8,10,16H2,1-4H3/b19-9+,20-15+. The van der Waals surface area contributed by atoms with E-state index in [-0.39, 0.29) is 0 Å². The summed E-state index contributed by atoms with van der Waals surface area (Å²) in [4.78, 5) is 10.6. The Bertz CT molecular complexity index is 587. The summed E-state index contributed by atoms with van der Waals surface area (Å²) in [6.07, 6.45) is 12.3. The molecule has 0 fully saturated rings. The van der Waals surface area contributed by atoms with Crippen molar-refractivity contribution in [3.05, 3.63) is 64.8 Å². The zero-order chi connectivity index (χ0) is 17.8. The second-order valence-corrected chi connectivity index (χ2v) is 6.58. The number of rotatable bonds is 10. The maximum absolute atomic E-state index is 10.6. The quantitative estimate of drug-likeness (QED) is 0.402. The van der Waals surface area contributed by atoms with Crippen LogP contribution in [0.15, 0.2) is 59.2 Å². The fourth-order valence-electron chi connectivity index (χ4n) is 2.36. The van der Waals surface area contributed by atoms with Crippen LogP contribution in [-0.2, 0) is 0 Å². The number of nitrogens with one attached hydrogen (secondary N) is 1. The predicted molar refractivity (Wildman–Crippen MR) is 106 cm³/mol. The molecule has 0 aliphatic carbocycles. The molecule has 0 bridgehead atoms. The highest BCUT2D eigenvalue weighted by Crippen LogP contribution is 2.12. The molecule has 2 nitrogen and oxygen atoms in total. The largest absolute Gasteiger partial charge is 0.382 e. The summed E-state index contributed by atoms with van der Waals surface area (Å²) in [7, 11) is 0. The van der Waals surface area contributed by atoms with E-state index in [4.69, 9.17) is 0 Å². The van der Waals surface area contributed by atoms with Crippen LogP contribution < -0.4 is 5.32 Å². The molecule has 0 amide bonds. The van der Waals surface area contributed by atoms with Gasteiger partial charge in [0, 0.05) is 17.8 Å². The molecule has 2 heteroatoms. The highest BCUT2D eigenvalue weighted by Gasteiger charge is 1.94. The average molecular weight is 325 g/mol. The molecule has 0 unspecified atom stereocenters. The van der Waals surface area contributed by atoms with E-state index in [1.54, 1.807) is 0 Å². The van der Waals surface area contributed by atoms with Crippen molar-refractivity contribution in [1.82, 2.24) is 0 Å². The van der Waals surface area contributed by atoms with E-state index in [1.165, 1.54) is 16.7 Å². The summed E-state index contributed by atoms with van der Waals surface area (Å²) in [6, 6.07) is 7.53. The van der Waals surface area contributed by atoms with Crippen molar-refractivity contribution in [2.75, 3.05) is 11.9 Å². The van der Waals surface area contributed by atoms with Crippen molar-refractivity contribution in [3.8, 4) is 0 Å². The SMILES string of the molecule is CC(C)=CCC/C(C)=C/CC/C(C)=C/CNc1ccc(C=O)cc1. The first-order valence-corrected chi connectivity index (χ1v) is 8.75. The number of carbonyl (C=O) groups excluding carboxylic acids is 1. The van der Waals surface area contributed by atoms with Gasteiger partial charge in [0.15, 0.2) is 0 Å². The van der Waals surface area contributed by atoms with Crippen LogP contribution in [0.4, 0.5) is 5.69 Å². The fraction of sp³-hybridized carbons (Fsp3) is 0.409. The smallest absolute Gasteiger partial charge is 0.150 e. The molecule has 24 heavy (non-hydrogen) atoms. The van der Waals surface area contributed by atoms with Gasteiger partial charge in [0.25, 0.3) is 0 Å². The Balaban J connectivity index is 2.28. The average Bonchev–Trinajstić information content (AvgIpc) is 2.55. The lowest BCUT2D eigenvalue weighted by Gasteiger charge is -2.05. The molecule has 0 atom stereocenters. The van der Waals surface area contributed by atoms with Gasteiger partial charge in [-0.2, -0.15) is 0 Å². The second kappa shape index (κ2) is 11.4. The first-order chi connectivity index (χ1) is 11.5. The fourth-order valence-corrected chi connectivity index (χ4v) is 2.36. The first-order valence-electron chi connectivity index (χ1n) is 8.75. The Kier molecular flexibility index (Phi) is 9.52. The third-order valence-corrected chi connectivity index (χ3v) is 3.93. The highest BCUT2D eigenvalue weighted by molar-refractivity contribution is 5.75. The molecule has 1 rings (SSSR count). The van der Waals surface area contributed by atoms with Crippen LogP contribution >= 0.6 is 0 Å². The molecule has 0 aliphatic heterocycles. The van der Waals surface area contributed by atoms with Gasteiger partial charge < -0.3 is 5.32 Å². The molecule has 0 aromatic heterocycles. The van der Waals surface area contributed by atoms with Crippen molar-refractivity contribution < 1.29 is 4.79 Å². The maximum atomic E-state index is 10.6. The maximum Gasteiger partial charge on any atom is 0.150 e. The Hall–Kier alpha value is -2.09. The zero-order valence-electron chi connectivity index (χ0n) is 15.6. The van der Waals surface area contributed by atoms with Crippen LogP contribution in [0.1, 0.15) is 63.7 Å². The number of anilines is 1. The Morgan fingerprint density at radius 3 is 2.04 bits per heavy atom. The monoisotopic (exact) mass is 325 g/mol. The van der Waals surface area contributed by atoms with Crippen LogP contribution in [0.2, 0.25) is 0 Å². The summed E-state index contributed by atoms with van der Waals surface area (Å²) in [5.74, 6) is 0. The van der Waals surface area contributed by atoms with E-state index < -0.39 is 0 Å². The van der Waals surface area contributed by atoms with Crippen molar-refractivity contribution in [1.29, 1.82) is 0 Å². The van der Waals surface area contributed by atoms with Gasteiger partial charge in [-0.3, -0.25) is 4.79 Å². The first kappa shape index (κ1) is 20.0. The van der Waals surface area contributed by atoms with Gasteiger partial charge in [-0.15, -0.1) is 0 Å². The number of hydrogen-bond acceptors (Lipinski definition) is 2. The lowest BCUT2D eigenvalue weighted by atomic mass is 10.1. The predicted octanol–water partition coefficient (Wildman–Crippen LogP) is 6.33. The number of aldehydes is 1. The molecule has 0 heterocycles. The number of benzene rings is 1. The summed E-state index contributed by atoms with van der Waals surface area (Å²) < 4.78 is 0. The van der Waals surface area contributed by atoms with E-state index in [1.807, 2.05) is 24.3 Å². The van der Waals surface area contributed by atoms with Crippen LogP contribution in [0, 0.1) is 0 Å². The minimum Gasteiger partial charge on any atom is -0.382 e. The molecule has 1 aromatic rings. The van der Waals surface area contributed by atoms with E-state index in [2.05, 4.69) is 51.2 Å². The Labute approximate surface area is 147 Å². The molecule has 0 saturated heterocycles. The van der Waals surface area contributed by atoms with Crippen LogP contribution in [0.3, 0.4) is 0 Å². The van der Waals surface area contributed by atoms with Crippen molar-refractivity contribution in [3.63, 3.8) is 0 Å². The van der Waals surface area contributed by atoms with E-state index >= 15 is 0 Å². The van der Waals surface area contributed by atoms with E-state index in [0.717, 1.165) is 44.2 Å². The van der Waals surface area contributed by atoms with Crippen molar-refractivity contribution in [2.45, 2.75) is 53.4 Å². The highest BCUT2D eigenvalue weighted by atomic mass is 16.1. The molecule has 1 N–H and O–H groups in total. The molecule has 0 saturated carbocycles. The minimum absolute atomic E-state index is 0.707. The van der Waals surface area contributed by atoms with Gasteiger partial charge in [0.1, 0.15) is 6.29 Å². The molecule has 130 valence electrons. The third-order valence-electron chi connectivity index (χ3n) is 3.93. The number of carbonyl (C=O) groups is 1. The van der Waals surface area contributed by atoms with Gasteiger partial charge >= 0.3 is 0 Å². The summed E-state index contributed by atoms with van der Waals surface area (Å²) in [5, 5.41) is 3.35. The van der Waals surface area contributed by atoms with Gasteiger partial charge in [-0.1, -0.05) is 34.9 Å². The summed E-state index contributed by atoms with van der Waals surface area (Å²) in [6.45, 7) is 9.53. The Morgan fingerprint density at radius 1 is 0.875 bits per heavy atom. The number of hydrogen-bond donors (Lipinski definition) is 1. The van der Waals surface area contributed by atoms with E-state index in [9.17, 15) is 4.79 Å². The lowest BCUT2D eigenvalue weighted by molar-refractivity contribution is 0.112. The molecule has 0 aliphatic rings. The van der Waals surface area contributed by atoms with Crippen LogP contribution in [-0.4, -0.2) is 12.8 Å². The van der Waals surface area contributed by atoms with E-state index in [0.29, 0.717) is 5.56 Å². The van der Waals surface area contributed by atoms with Crippen LogP contribution in [0.25, 0.3) is 0 Å². The third kappa shape index (κ3) is 9.14. The molecule has 1 aromatic carbocycles. The van der Waals surface area contributed by atoms with Crippen molar-refractivity contribution in [2.24, 2.45) is 0 Å². The topological polar surface area (TPSA) is 29.1 Å². The number of allylic oxidation sites excluding steroid dienone is 5.